The number of nitrogens with two attached hydrogens (primary N) is 2. The Bertz CT molecular complexity index is 4140. The van der Waals surface area contributed by atoms with Gasteiger partial charge in [-0.3, -0.25) is 22.8 Å². The van der Waals surface area contributed by atoms with E-state index in [4.69, 9.17) is 20.6 Å². The van der Waals surface area contributed by atoms with Gasteiger partial charge >= 0.3 is 20.8 Å². The molecule has 0 heterocycles. The molecule has 0 fully saturated rings. The summed E-state index contributed by atoms with van der Waals surface area (Å²) in [6, 6.07) is 16.1. The third-order valence-corrected chi connectivity index (χ3v) is 16.4. The zero-order chi connectivity index (χ0) is 53.4. The van der Waals surface area contributed by atoms with Crippen LogP contribution in [0.4, 0.5) is 45.5 Å². The van der Waals surface area contributed by atoms with Gasteiger partial charge in [0.1, 0.15) is 26.9 Å². The fraction of sp³-hybridized carbons (Fsp3) is 0.111. The molecule has 0 saturated carbocycles. The lowest BCUT2D eigenvalue weighted by Gasteiger charge is -2.11. The summed E-state index contributed by atoms with van der Waals surface area (Å²) < 4.78 is 223. The second-order valence-corrected chi connectivity index (χ2v) is 25.0. The number of nitrogens with zero attached hydrogens (tertiary/aromatic N) is 6. The molecule has 36 heteroatoms. The van der Waals surface area contributed by atoms with Crippen LogP contribution >= 0.6 is 0 Å². The average molecular weight is 1140 g/mol. The molecule has 0 spiro atoms. The quantitative estimate of drug-likeness (QED) is 0.0306. The van der Waals surface area contributed by atoms with Crippen LogP contribution < -0.4 is 11.5 Å². The van der Waals surface area contributed by atoms with E-state index in [9.17, 15) is 72.6 Å². The fourth-order valence-corrected chi connectivity index (χ4v) is 11.1. The molecule has 0 radical (unpaired) electrons. The summed E-state index contributed by atoms with van der Waals surface area (Å²) in [6.07, 6.45) is 0. The minimum Gasteiger partial charge on any atom is -0.396 e. The van der Waals surface area contributed by atoms with Crippen molar-refractivity contribution >= 4 is 138 Å². The Morgan fingerprint density at radius 3 is 1.43 bits per heavy atom. The van der Waals surface area contributed by atoms with Crippen molar-refractivity contribution in [1.29, 1.82) is 0 Å². The lowest BCUT2D eigenvalue weighted by Crippen LogP contribution is -2.16. The molecule has 0 atom stereocenters. The predicted octanol–water partition coefficient (Wildman–Crippen LogP) is 5.33. The lowest BCUT2D eigenvalue weighted by atomic mass is 10.1. The standard InChI is InChI=1S/C36H32N8O21S7/c37-34-31(19-33(70(55,56)57)35(38)36(34)44-39-22-3-1-21-16-23(4-2-20(21)15-22)66(45,46)13-11-64-71(58,59)60)43-40-28-9-10-29(27-17-25(68(49,50)51)5-7-26(27)28)41-42-30-8-6-24(18-32(30)69(52,53)54)67(47,48)14-12-65-72(61,62)63/h1-10,15-19H,11-14,37-38H2,(H,49,50,51)(H,52,53,54)(H,55,56,57)(H,58,59,60)(H,61,62,63)/b42-41+,43-40+,44-39+. The summed E-state index contributed by atoms with van der Waals surface area (Å²) in [5.74, 6) is -1.87. The number of benzene rings is 6. The molecule has 0 aliphatic heterocycles. The Morgan fingerprint density at radius 2 is 0.875 bits per heavy atom. The van der Waals surface area contributed by atoms with Crippen molar-refractivity contribution in [2.75, 3.05) is 36.2 Å². The lowest BCUT2D eigenvalue weighted by molar-refractivity contribution is 0.282. The maximum Gasteiger partial charge on any atom is 0.397 e. The largest absolute Gasteiger partial charge is 0.397 e. The highest BCUT2D eigenvalue weighted by Crippen LogP contribution is 2.44. The third-order valence-electron chi connectivity index (χ3n) is 9.53. The molecule has 0 unspecified atom stereocenters. The van der Waals surface area contributed by atoms with Crippen LogP contribution in [0.2, 0.25) is 0 Å². The van der Waals surface area contributed by atoms with Crippen molar-refractivity contribution in [1.82, 2.24) is 0 Å². The number of fused-ring (bicyclic) bond motifs is 2. The summed E-state index contributed by atoms with van der Waals surface area (Å²) in [4.78, 5) is -3.75. The molecule has 0 amide bonds. The topological polar surface area (TPSA) is 485 Å². The van der Waals surface area contributed by atoms with Crippen LogP contribution in [0.15, 0.2) is 146 Å². The molecule has 0 aliphatic rings. The highest BCUT2D eigenvalue weighted by Gasteiger charge is 2.25. The minimum absolute atomic E-state index is 0.0257. The summed E-state index contributed by atoms with van der Waals surface area (Å²) in [5, 5.41) is 24.4. The molecule has 0 saturated heterocycles. The van der Waals surface area contributed by atoms with E-state index in [-0.39, 0.29) is 32.7 Å². The number of azo groups is 3. The SMILES string of the molecule is Nc1c(/N=N/c2ccc(/N=N/c3ccc(S(=O)(=O)CCOS(=O)(=O)O)cc3S(=O)(=O)O)c3cc(S(=O)(=O)O)ccc23)cc(S(=O)(=O)O)c(N)c1/N=N/c1ccc2cc(S(=O)(=O)CCOS(=O)(=O)O)ccc2c1. The Balaban J connectivity index is 1.37. The van der Waals surface area contributed by atoms with E-state index < -0.39 is 144 Å². The van der Waals surface area contributed by atoms with Gasteiger partial charge in [-0.25, -0.2) is 25.2 Å². The molecule has 6 aromatic rings. The highest BCUT2D eigenvalue weighted by atomic mass is 32.3. The molecule has 0 aromatic heterocycles. The number of anilines is 2. The molecule has 0 aliphatic carbocycles. The summed E-state index contributed by atoms with van der Waals surface area (Å²) in [5.41, 5.74) is 9.19. The van der Waals surface area contributed by atoms with Crippen LogP contribution in [0, 0.1) is 0 Å². The van der Waals surface area contributed by atoms with Crippen LogP contribution in [0.25, 0.3) is 21.5 Å². The molecule has 0 bridgehead atoms. The van der Waals surface area contributed by atoms with Crippen molar-refractivity contribution in [2.45, 2.75) is 24.5 Å². The molecule has 6 aromatic carbocycles. The van der Waals surface area contributed by atoms with Crippen LogP contribution in [0.1, 0.15) is 0 Å². The molecule has 384 valence electrons. The van der Waals surface area contributed by atoms with Gasteiger partial charge in [0, 0.05) is 10.8 Å². The number of nitrogen functional groups attached to an aromatic ring is 2. The fourth-order valence-electron chi connectivity index (χ4n) is 6.20. The van der Waals surface area contributed by atoms with Crippen molar-refractivity contribution in [2.24, 2.45) is 30.7 Å². The van der Waals surface area contributed by atoms with E-state index in [2.05, 4.69) is 39.1 Å². The van der Waals surface area contributed by atoms with E-state index in [0.29, 0.717) is 16.8 Å². The first kappa shape index (κ1) is 54.9. The third kappa shape index (κ3) is 13.6. The van der Waals surface area contributed by atoms with Crippen molar-refractivity contribution < 1.29 is 90.1 Å². The van der Waals surface area contributed by atoms with Crippen LogP contribution in [-0.2, 0) is 79.2 Å². The number of sulfone groups is 2. The smallest absolute Gasteiger partial charge is 0.396 e. The molecule has 29 nitrogen and oxygen atoms in total. The first-order chi connectivity index (χ1) is 33.1. The maximum absolute atomic E-state index is 12.8. The van der Waals surface area contributed by atoms with Gasteiger partial charge in [0.2, 0.25) is 0 Å². The summed E-state index contributed by atoms with van der Waals surface area (Å²) in [7, 11) is -33.9. The van der Waals surface area contributed by atoms with E-state index in [1.165, 1.54) is 42.5 Å². The van der Waals surface area contributed by atoms with Crippen molar-refractivity contribution in [3.8, 4) is 0 Å². The van der Waals surface area contributed by atoms with Crippen LogP contribution in [-0.4, -0.2) is 106 Å². The van der Waals surface area contributed by atoms with Crippen molar-refractivity contribution in [3.05, 3.63) is 91.0 Å². The van der Waals surface area contributed by atoms with E-state index >= 15 is 0 Å². The Morgan fingerprint density at radius 1 is 0.403 bits per heavy atom. The number of rotatable bonds is 19. The van der Waals surface area contributed by atoms with Gasteiger partial charge < -0.3 is 11.5 Å². The van der Waals surface area contributed by atoms with E-state index in [1.807, 2.05) is 0 Å². The zero-order valence-corrected chi connectivity index (χ0v) is 41.2. The molecule has 6 rings (SSSR count). The van der Waals surface area contributed by atoms with Gasteiger partial charge in [-0.1, -0.05) is 18.2 Å². The van der Waals surface area contributed by atoms with Crippen LogP contribution in [0.3, 0.4) is 0 Å². The first-order valence-corrected chi connectivity index (χ1v) is 29.3. The molecule has 9 N–H and O–H groups in total. The molecular weight excluding hydrogens is 1100 g/mol. The van der Waals surface area contributed by atoms with E-state index in [0.717, 1.165) is 42.5 Å². The normalized spacial score (nSPS) is 13.6. The summed E-state index contributed by atoms with van der Waals surface area (Å²) in [6.45, 7) is -1.93. The highest BCUT2D eigenvalue weighted by molar-refractivity contribution is 7.92. The molecular formula is C36H32N8O21S7. The number of hydrogen-bond donors (Lipinski definition) is 7. The zero-order valence-electron chi connectivity index (χ0n) is 35.5. The minimum atomic E-state index is -5.28. The van der Waals surface area contributed by atoms with Gasteiger partial charge in [0.05, 0.1) is 67.8 Å². The van der Waals surface area contributed by atoms with Gasteiger partial charge in [0.15, 0.2) is 19.7 Å². The Kier molecular flexibility index (Phi) is 15.5. The van der Waals surface area contributed by atoms with Gasteiger partial charge in [-0.05, 0) is 83.6 Å². The Labute approximate surface area is 407 Å². The van der Waals surface area contributed by atoms with E-state index in [1.54, 1.807) is 0 Å². The first-order valence-electron chi connectivity index (χ1n) is 19.0. The second kappa shape index (κ2) is 20.3. The summed E-state index contributed by atoms with van der Waals surface area (Å²) >= 11 is 0. The van der Waals surface area contributed by atoms with Crippen LogP contribution in [0.5, 0.6) is 0 Å². The monoisotopic (exact) mass is 1140 g/mol. The van der Waals surface area contributed by atoms with Gasteiger partial charge in [0.25, 0.3) is 30.4 Å². The van der Waals surface area contributed by atoms with Gasteiger partial charge in [-0.2, -0.15) is 47.2 Å². The Hall–Kier alpha value is -6.39. The predicted molar refractivity (Wildman–Crippen MR) is 251 cm³/mol. The maximum atomic E-state index is 12.8. The molecule has 72 heavy (non-hydrogen) atoms. The average Bonchev–Trinajstić information content (AvgIpc) is 3.25. The number of hydrogen-bond acceptors (Lipinski definition) is 24. The van der Waals surface area contributed by atoms with Gasteiger partial charge in [-0.15, -0.1) is 25.6 Å². The second-order valence-electron chi connectivity index (χ2n) is 14.4. The van der Waals surface area contributed by atoms with Crippen molar-refractivity contribution in [3.63, 3.8) is 0 Å².